The Kier molecular flexibility index (Phi) is 5.82. The van der Waals surface area contributed by atoms with Crippen LogP contribution in [0.1, 0.15) is 0 Å². The lowest BCUT2D eigenvalue weighted by Crippen LogP contribution is -2.71. The smallest absolute Gasteiger partial charge is 0.444 e. The molecule has 156 valence electrons. The zero-order valence-electron chi connectivity index (χ0n) is 11.6. The van der Waals surface area contributed by atoms with Gasteiger partial charge in [0.25, 0.3) is 0 Å². The molecule has 1 heterocycles. The molecule has 1 aliphatic heterocycles. The second-order valence-electron chi connectivity index (χ2n) is 4.77. The predicted octanol–water partition coefficient (Wildman–Crippen LogP) is 3.72. The maximum Gasteiger partial charge on any atom is 0.519 e. The summed E-state index contributed by atoms with van der Waals surface area (Å²) in [6, 6.07) is 0. The van der Waals surface area contributed by atoms with Crippen LogP contribution in [0.25, 0.3) is 0 Å². The first-order valence-corrected chi connectivity index (χ1v) is 5.86. The normalized spacial score (nSPS) is 19.0. The molecular formula is C6B3F15O3. The first-order valence-electron chi connectivity index (χ1n) is 5.86. The Morgan fingerprint density at radius 2 is 0.481 bits per heavy atom. The molecule has 0 saturated carbocycles. The van der Waals surface area contributed by atoms with Crippen LogP contribution in [-0.4, -0.2) is 57.3 Å². The zero-order chi connectivity index (χ0) is 21.9. The van der Waals surface area contributed by atoms with Crippen LogP contribution in [0, 0.1) is 0 Å². The highest BCUT2D eigenvalue weighted by Gasteiger charge is 2.80. The summed E-state index contributed by atoms with van der Waals surface area (Å²) in [6.45, 7) is 0. The Balaban J connectivity index is 3.42. The topological polar surface area (TPSA) is 27.7 Å². The molecule has 3 nitrogen and oxygen atoms in total. The third-order valence-electron chi connectivity index (χ3n) is 2.76. The van der Waals surface area contributed by atoms with E-state index < -0.39 is 57.3 Å². The summed E-state index contributed by atoms with van der Waals surface area (Å²) in [5.74, 6) is -19.7. The van der Waals surface area contributed by atoms with Crippen LogP contribution in [0.4, 0.5) is 65.9 Å². The number of hydrogen-bond donors (Lipinski definition) is 0. The summed E-state index contributed by atoms with van der Waals surface area (Å²) >= 11 is 0. The van der Waals surface area contributed by atoms with Crippen LogP contribution in [-0.2, 0) is 13.7 Å². The molecule has 0 spiro atoms. The Labute approximate surface area is 138 Å². The van der Waals surface area contributed by atoms with Crippen molar-refractivity contribution in [3.05, 3.63) is 0 Å². The Morgan fingerprint density at radius 1 is 0.333 bits per heavy atom. The summed E-state index contributed by atoms with van der Waals surface area (Å²) in [7, 11) is -14.2. The molecule has 27 heavy (non-hydrogen) atoms. The summed E-state index contributed by atoms with van der Waals surface area (Å²) in [5.41, 5.74) is 0. The SMILES string of the molecule is FC(F)(F)C(F)(F)B1OB(C(F)(F)C(F)(F)F)OB(C(F)(F)C(F)(F)F)O1. The first-order chi connectivity index (χ1) is 11.6. The quantitative estimate of drug-likeness (QED) is 0.498. The van der Waals surface area contributed by atoms with Gasteiger partial charge in [-0.1, -0.05) is 0 Å². The first kappa shape index (κ1) is 24.1. The largest absolute Gasteiger partial charge is 0.519 e. The minimum Gasteiger partial charge on any atom is -0.444 e. The van der Waals surface area contributed by atoms with Crippen LogP contribution < -0.4 is 0 Å². The van der Waals surface area contributed by atoms with Crippen LogP contribution in [0.3, 0.4) is 0 Å². The van der Waals surface area contributed by atoms with Crippen molar-refractivity contribution in [3.63, 3.8) is 0 Å². The summed E-state index contributed by atoms with van der Waals surface area (Å²) in [5, 5.41) is 0. The molecule has 1 saturated heterocycles. The fraction of sp³-hybridized carbons (Fsp3) is 1.00. The molecule has 0 aromatic heterocycles. The highest BCUT2D eigenvalue weighted by molar-refractivity contribution is 6.76. The van der Waals surface area contributed by atoms with Gasteiger partial charge in [0.2, 0.25) is 0 Å². The fourth-order valence-electron chi connectivity index (χ4n) is 1.35. The van der Waals surface area contributed by atoms with Crippen LogP contribution >= 0.6 is 0 Å². The number of alkyl halides is 15. The van der Waals surface area contributed by atoms with Gasteiger partial charge in [-0.15, -0.1) is 0 Å². The van der Waals surface area contributed by atoms with E-state index in [1.165, 1.54) is 0 Å². The van der Waals surface area contributed by atoms with Gasteiger partial charge >= 0.3 is 57.3 Å². The van der Waals surface area contributed by atoms with E-state index >= 15 is 0 Å². The maximum absolute atomic E-state index is 13.0. The second kappa shape index (κ2) is 6.53. The van der Waals surface area contributed by atoms with Gasteiger partial charge in [0, 0.05) is 0 Å². The molecule has 1 aliphatic rings. The van der Waals surface area contributed by atoms with Crippen molar-refractivity contribution < 1.29 is 79.6 Å². The maximum atomic E-state index is 13.0. The molecule has 0 atom stereocenters. The molecule has 0 N–H and O–H groups in total. The minimum atomic E-state index is -6.86. The van der Waals surface area contributed by atoms with Gasteiger partial charge in [-0.05, 0) is 0 Å². The minimum absolute atomic E-state index is 2.92. The van der Waals surface area contributed by atoms with Crippen molar-refractivity contribution >= 4 is 21.4 Å². The molecule has 21 heteroatoms. The fourth-order valence-corrected chi connectivity index (χ4v) is 1.35. The molecule has 0 aromatic carbocycles. The van der Waals surface area contributed by atoms with Crippen molar-refractivity contribution in [1.29, 1.82) is 0 Å². The van der Waals surface area contributed by atoms with Gasteiger partial charge in [-0.2, -0.15) is 65.9 Å². The van der Waals surface area contributed by atoms with Crippen molar-refractivity contribution in [1.82, 2.24) is 0 Å². The monoisotopic (exact) mass is 438 g/mol. The van der Waals surface area contributed by atoms with E-state index in [0.29, 0.717) is 0 Å². The van der Waals surface area contributed by atoms with E-state index in [1.807, 2.05) is 0 Å². The highest BCUT2D eigenvalue weighted by Crippen LogP contribution is 2.47. The third-order valence-corrected chi connectivity index (χ3v) is 2.76. The van der Waals surface area contributed by atoms with Crippen molar-refractivity contribution in [2.45, 2.75) is 36.0 Å². The van der Waals surface area contributed by atoms with Crippen molar-refractivity contribution in [3.8, 4) is 0 Å². The van der Waals surface area contributed by atoms with Gasteiger partial charge in [-0.25, -0.2) is 0 Å². The van der Waals surface area contributed by atoms with Crippen LogP contribution in [0.5, 0.6) is 0 Å². The molecule has 1 fully saturated rings. The van der Waals surface area contributed by atoms with Crippen molar-refractivity contribution in [2.24, 2.45) is 0 Å². The Hall–Kier alpha value is -0.975. The predicted molar refractivity (Wildman–Crippen MR) is 53.5 cm³/mol. The summed E-state index contributed by atoms with van der Waals surface area (Å²) in [4.78, 5) is 0. The zero-order valence-corrected chi connectivity index (χ0v) is 11.6. The summed E-state index contributed by atoms with van der Waals surface area (Å²) < 4.78 is 197. The lowest BCUT2D eigenvalue weighted by atomic mass is 9.60. The average molecular weight is 437 g/mol. The number of halogens is 15. The standard InChI is InChI=1S/C6B3F15O3/c10-1(11,4(16,17)18)7-25-8(2(12,13)5(19,20)21)27-9(26-7)3(14,15)6(22,23)24. The van der Waals surface area contributed by atoms with Gasteiger partial charge in [0.15, 0.2) is 0 Å². The van der Waals surface area contributed by atoms with Gasteiger partial charge < -0.3 is 13.7 Å². The second-order valence-corrected chi connectivity index (χ2v) is 4.77. The molecule has 0 amide bonds. The van der Waals surface area contributed by atoms with E-state index in [-0.39, 0.29) is 0 Å². The number of hydrogen-bond acceptors (Lipinski definition) is 3. The molecule has 0 radical (unpaired) electrons. The lowest BCUT2D eigenvalue weighted by molar-refractivity contribution is -0.267. The molecule has 0 aromatic rings. The molecule has 0 bridgehead atoms. The van der Waals surface area contributed by atoms with E-state index in [4.69, 9.17) is 0 Å². The van der Waals surface area contributed by atoms with Crippen molar-refractivity contribution in [2.75, 3.05) is 0 Å². The van der Waals surface area contributed by atoms with E-state index in [9.17, 15) is 65.9 Å². The van der Waals surface area contributed by atoms with Crippen LogP contribution in [0.2, 0.25) is 0 Å². The lowest BCUT2D eigenvalue weighted by Gasteiger charge is -2.39. The summed E-state index contributed by atoms with van der Waals surface area (Å²) in [6.07, 6.45) is -20.6. The van der Waals surface area contributed by atoms with Crippen LogP contribution in [0.15, 0.2) is 0 Å². The van der Waals surface area contributed by atoms with E-state index in [0.717, 1.165) is 0 Å². The number of rotatable bonds is 3. The van der Waals surface area contributed by atoms with Gasteiger partial charge in [0.1, 0.15) is 0 Å². The third kappa shape index (κ3) is 4.23. The Bertz CT molecular complexity index is 458. The molecular weight excluding hydrogens is 437 g/mol. The van der Waals surface area contributed by atoms with Gasteiger partial charge in [-0.3, -0.25) is 0 Å². The van der Waals surface area contributed by atoms with E-state index in [2.05, 4.69) is 13.7 Å². The molecule has 1 rings (SSSR count). The molecule has 0 aliphatic carbocycles. The molecule has 0 unspecified atom stereocenters. The highest BCUT2D eigenvalue weighted by atomic mass is 19.4. The Morgan fingerprint density at radius 3 is 0.593 bits per heavy atom. The average Bonchev–Trinajstić information content (AvgIpc) is 2.43. The van der Waals surface area contributed by atoms with Gasteiger partial charge in [0.05, 0.1) is 0 Å². The van der Waals surface area contributed by atoms with E-state index in [1.54, 1.807) is 0 Å².